The molecular weight excluding hydrogens is 296 g/mol. The number of benzene rings is 1. The average Bonchev–Trinajstić information content (AvgIpc) is 2.50. The lowest BCUT2D eigenvalue weighted by molar-refractivity contribution is -0.122. The largest absolute Gasteiger partial charge is 0.352 e. The summed E-state index contributed by atoms with van der Waals surface area (Å²) in [5.41, 5.74) is 2.84. The molecule has 0 bridgehead atoms. The SMILES string of the molecule is CC1NCCCC1NC(=O)CC1CCCc2ccccc21.Cl. The Kier molecular flexibility index (Phi) is 6.27. The van der Waals surface area contributed by atoms with Crippen molar-refractivity contribution in [1.29, 1.82) is 0 Å². The molecule has 22 heavy (non-hydrogen) atoms. The van der Waals surface area contributed by atoms with Crippen LogP contribution < -0.4 is 10.6 Å². The zero-order valence-electron chi connectivity index (χ0n) is 13.3. The van der Waals surface area contributed by atoms with Crippen molar-refractivity contribution < 1.29 is 4.79 Å². The zero-order chi connectivity index (χ0) is 14.7. The van der Waals surface area contributed by atoms with Crippen molar-refractivity contribution in [2.45, 2.75) is 63.5 Å². The third-order valence-corrected chi connectivity index (χ3v) is 5.03. The lowest BCUT2D eigenvalue weighted by Gasteiger charge is -2.31. The molecule has 1 aromatic rings. The van der Waals surface area contributed by atoms with Crippen LogP contribution in [0.2, 0.25) is 0 Å². The smallest absolute Gasteiger partial charge is 0.220 e. The molecule has 3 atom stereocenters. The number of fused-ring (bicyclic) bond motifs is 1. The Labute approximate surface area is 139 Å². The van der Waals surface area contributed by atoms with Crippen molar-refractivity contribution in [2.24, 2.45) is 0 Å². The second kappa shape index (κ2) is 7.98. The number of halogens is 1. The van der Waals surface area contributed by atoms with E-state index in [2.05, 4.69) is 41.8 Å². The quantitative estimate of drug-likeness (QED) is 0.897. The highest BCUT2D eigenvalue weighted by molar-refractivity contribution is 5.85. The summed E-state index contributed by atoms with van der Waals surface area (Å²) in [6.07, 6.45) is 6.40. The van der Waals surface area contributed by atoms with E-state index < -0.39 is 0 Å². The van der Waals surface area contributed by atoms with Gasteiger partial charge in [-0.3, -0.25) is 4.79 Å². The fourth-order valence-corrected chi connectivity index (χ4v) is 3.80. The van der Waals surface area contributed by atoms with Crippen LogP contribution in [0, 0.1) is 0 Å². The average molecular weight is 323 g/mol. The van der Waals surface area contributed by atoms with Gasteiger partial charge in [0.05, 0.1) is 0 Å². The summed E-state index contributed by atoms with van der Waals surface area (Å²) < 4.78 is 0. The Hall–Kier alpha value is -1.06. The highest BCUT2D eigenvalue weighted by Gasteiger charge is 2.26. The molecule has 0 saturated carbocycles. The molecule has 1 saturated heterocycles. The standard InChI is InChI=1S/C18H26N2O.ClH/c1-13-17(10-5-11-19-13)20-18(21)12-15-8-4-7-14-6-2-3-9-16(14)15;/h2-3,6,9,13,15,17,19H,4-5,7-8,10-12H2,1H3,(H,20,21);1H. The Morgan fingerprint density at radius 1 is 1.27 bits per heavy atom. The van der Waals surface area contributed by atoms with Crippen LogP contribution in [0.4, 0.5) is 0 Å². The van der Waals surface area contributed by atoms with Crippen LogP contribution >= 0.6 is 12.4 Å². The van der Waals surface area contributed by atoms with Crippen molar-refractivity contribution >= 4 is 18.3 Å². The second-order valence-electron chi connectivity index (χ2n) is 6.55. The maximum Gasteiger partial charge on any atom is 0.220 e. The molecule has 1 fully saturated rings. The normalized spacial score (nSPS) is 27.4. The van der Waals surface area contributed by atoms with Gasteiger partial charge in [-0.05, 0) is 62.6 Å². The van der Waals surface area contributed by atoms with Crippen LogP contribution in [0.15, 0.2) is 24.3 Å². The fourth-order valence-electron chi connectivity index (χ4n) is 3.80. The molecule has 1 aliphatic carbocycles. The third kappa shape index (κ3) is 4.02. The Morgan fingerprint density at radius 3 is 2.91 bits per heavy atom. The first-order valence-corrected chi connectivity index (χ1v) is 8.34. The van der Waals surface area contributed by atoms with Gasteiger partial charge in [-0.2, -0.15) is 0 Å². The van der Waals surface area contributed by atoms with Gasteiger partial charge in [0.2, 0.25) is 5.91 Å². The summed E-state index contributed by atoms with van der Waals surface area (Å²) in [6.45, 7) is 3.24. The van der Waals surface area contributed by atoms with Gasteiger partial charge in [0.15, 0.2) is 0 Å². The van der Waals surface area contributed by atoms with E-state index in [4.69, 9.17) is 0 Å². The van der Waals surface area contributed by atoms with Gasteiger partial charge in [0, 0.05) is 18.5 Å². The predicted molar refractivity (Wildman–Crippen MR) is 92.6 cm³/mol. The fraction of sp³-hybridized carbons (Fsp3) is 0.611. The van der Waals surface area contributed by atoms with Gasteiger partial charge in [0.25, 0.3) is 0 Å². The first-order valence-electron chi connectivity index (χ1n) is 8.34. The van der Waals surface area contributed by atoms with E-state index in [0.29, 0.717) is 24.4 Å². The van der Waals surface area contributed by atoms with Crippen molar-refractivity contribution in [3.63, 3.8) is 0 Å². The van der Waals surface area contributed by atoms with E-state index >= 15 is 0 Å². The molecule has 1 aromatic carbocycles. The van der Waals surface area contributed by atoms with Gasteiger partial charge in [-0.15, -0.1) is 12.4 Å². The summed E-state index contributed by atoms with van der Waals surface area (Å²) in [7, 11) is 0. The third-order valence-electron chi connectivity index (χ3n) is 5.03. The van der Waals surface area contributed by atoms with Crippen LogP contribution in [-0.4, -0.2) is 24.5 Å². The predicted octanol–water partition coefficient (Wildman–Crippen LogP) is 3.18. The van der Waals surface area contributed by atoms with Crippen molar-refractivity contribution in [3.05, 3.63) is 35.4 Å². The number of aryl methyl sites for hydroxylation is 1. The van der Waals surface area contributed by atoms with Crippen LogP contribution in [0.25, 0.3) is 0 Å². The summed E-state index contributed by atoms with van der Waals surface area (Å²) in [5.74, 6) is 0.624. The number of piperidine rings is 1. The first kappa shape index (κ1) is 17.3. The van der Waals surface area contributed by atoms with Gasteiger partial charge in [-0.1, -0.05) is 24.3 Å². The lowest BCUT2D eigenvalue weighted by atomic mass is 9.81. The molecule has 2 N–H and O–H groups in total. The van der Waals surface area contributed by atoms with Crippen LogP contribution in [0.1, 0.15) is 56.1 Å². The number of hydrogen-bond donors (Lipinski definition) is 2. The first-order chi connectivity index (χ1) is 10.2. The molecule has 0 radical (unpaired) electrons. The van der Waals surface area contributed by atoms with E-state index in [1.165, 1.54) is 17.5 Å². The molecule has 2 aliphatic rings. The van der Waals surface area contributed by atoms with Crippen LogP contribution in [0.5, 0.6) is 0 Å². The molecule has 122 valence electrons. The van der Waals surface area contributed by atoms with Gasteiger partial charge < -0.3 is 10.6 Å². The van der Waals surface area contributed by atoms with E-state index in [9.17, 15) is 4.79 Å². The molecule has 3 rings (SSSR count). The summed E-state index contributed by atoms with van der Waals surface area (Å²) in [6, 6.07) is 9.31. The summed E-state index contributed by atoms with van der Waals surface area (Å²) in [5, 5.41) is 6.69. The number of nitrogens with one attached hydrogen (secondary N) is 2. The second-order valence-corrected chi connectivity index (χ2v) is 6.55. The molecule has 0 aromatic heterocycles. The molecule has 3 unspecified atom stereocenters. The molecule has 1 aliphatic heterocycles. The Balaban J connectivity index is 0.00000176. The topological polar surface area (TPSA) is 41.1 Å². The Morgan fingerprint density at radius 2 is 2.09 bits per heavy atom. The summed E-state index contributed by atoms with van der Waals surface area (Å²) in [4.78, 5) is 12.4. The van der Waals surface area contributed by atoms with Gasteiger partial charge >= 0.3 is 0 Å². The van der Waals surface area contributed by atoms with E-state index in [0.717, 1.165) is 32.2 Å². The monoisotopic (exact) mass is 322 g/mol. The lowest BCUT2D eigenvalue weighted by Crippen LogP contribution is -2.52. The minimum atomic E-state index is 0. The van der Waals surface area contributed by atoms with E-state index in [1.807, 2.05) is 0 Å². The molecule has 4 heteroatoms. The maximum absolute atomic E-state index is 12.4. The van der Waals surface area contributed by atoms with E-state index in [-0.39, 0.29) is 18.3 Å². The molecule has 0 spiro atoms. The van der Waals surface area contributed by atoms with Crippen molar-refractivity contribution in [1.82, 2.24) is 10.6 Å². The number of carbonyl (C=O) groups is 1. The minimum Gasteiger partial charge on any atom is -0.352 e. The summed E-state index contributed by atoms with van der Waals surface area (Å²) >= 11 is 0. The highest BCUT2D eigenvalue weighted by Crippen LogP contribution is 2.33. The van der Waals surface area contributed by atoms with Crippen molar-refractivity contribution in [3.8, 4) is 0 Å². The van der Waals surface area contributed by atoms with Gasteiger partial charge in [-0.25, -0.2) is 0 Å². The number of rotatable bonds is 3. The van der Waals surface area contributed by atoms with Crippen molar-refractivity contribution in [2.75, 3.05) is 6.54 Å². The molecule has 1 heterocycles. The maximum atomic E-state index is 12.4. The van der Waals surface area contributed by atoms with Crippen LogP contribution in [-0.2, 0) is 11.2 Å². The number of amides is 1. The Bertz CT molecular complexity index is 506. The van der Waals surface area contributed by atoms with Gasteiger partial charge in [0.1, 0.15) is 0 Å². The number of carbonyl (C=O) groups excluding carboxylic acids is 1. The molecule has 3 nitrogen and oxygen atoms in total. The molecule has 1 amide bonds. The minimum absolute atomic E-state index is 0. The van der Waals surface area contributed by atoms with E-state index in [1.54, 1.807) is 0 Å². The highest BCUT2D eigenvalue weighted by atomic mass is 35.5. The molecular formula is C18H27ClN2O. The van der Waals surface area contributed by atoms with Crippen LogP contribution in [0.3, 0.4) is 0 Å². The number of hydrogen-bond acceptors (Lipinski definition) is 2. The zero-order valence-corrected chi connectivity index (χ0v) is 14.1.